The first-order chi connectivity index (χ1) is 10.5. The highest BCUT2D eigenvalue weighted by Crippen LogP contribution is 2.32. The fourth-order valence-electron chi connectivity index (χ4n) is 2.54. The first-order valence-electron chi connectivity index (χ1n) is 6.88. The minimum absolute atomic E-state index is 0.603. The minimum Gasteiger partial charge on any atom is -0.375 e. The summed E-state index contributed by atoms with van der Waals surface area (Å²) in [6.45, 7) is 4.20. The molecule has 0 bridgehead atoms. The number of anilines is 3. The molecule has 1 aromatic heterocycles. The van der Waals surface area contributed by atoms with Gasteiger partial charge in [0.1, 0.15) is 0 Å². The van der Waals surface area contributed by atoms with Crippen LogP contribution in [0.4, 0.5) is 16.5 Å². The first kappa shape index (κ1) is 15.1. The molecule has 0 aliphatic heterocycles. The van der Waals surface area contributed by atoms with Crippen LogP contribution in [0.15, 0.2) is 46.3 Å². The molecule has 0 spiro atoms. The molecule has 0 fully saturated rings. The van der Waals surface area contributed by atoms with Crippen LogP contribution < -0.4 is 11.1 Å². The van der Waals surface area contributed by atoms with E-state index in [4.69, 9.17) is 5.73 Å². The number of halogens is 1. The maximum absolute atomic E-state index is 5.75. The lowest BCUT2D eigenvalue weighted by Gasteiger charge is -2.13. The van der Waals surface area contributed by atoms with E-state index in [9.17, 15) is 0 Å². The lowest BCUT2D eigenvalue weighted by Crippen LogP contribution is -1.95. The van der Waals surface area contributed by atoms with Gasteiger partial charge in [0.15, 0.2) is 5.13 Å². The number of rotatable bonds is 3. The van der Waals surface area contributed by atoms with Crippen LogP contribution in [0.3, 0.4) is 0 Å². The summed E-state index contributed by atoms with van der Waals surface area (Å²) in [7, 11) is 0. The Balaban J connectivity index is 1.93. The Morgan fingerprint density at radius 1 is 1.05 bits per heavy atom. The summed E-state index contributed by atoms with van der Waals surface area (Å²) in [6, 6.07) is 12.4. The highest BCUT2D eigenvalue weighted by atomic mass is 79.9. The maximum Gasteiger partial charge on any atom is 0.180 e. The van der Waals surface area contributed by atoms with E-state index >= 15 is 0 Å². The molecule has 22 heavy (non-hydrogen) atoms. The van der Waals surface area contributed by atoms with Crippen molar-refractivity contribution in [2.75, 3.05) is 11.1 Å². The molecule has 1 heterocycles. The number of nitrogens with zero attached hydrogens (tertiary/aromatic N) is 1. The van der Waals surface area contributed by atoms with Gasteiger partial charge in [-0.25, -0.2) is 4.98 Å². The second-order valence-electron chi connectivity index (χ2n) is 5.19. The molecule has 0 amide bonds. The molecule has 3 N–H and O–H groups in total. The van der Waals surface area contributed by atoms with Crippen LogP contribution in [0.1, 0.15) is 11.1 Å². The van der Waals surface area contributed by atoms with Gasteiger partial charge in [0.25, 0.3) is 0 Å². The highest BCUT2D eigenvalue weighted by molar-refractivity contribution is 9.10. The normalized spacial score (nSPS) is 10.7. The number of nitrogen functional groups attached to an aromatic ring is 1. The van der Waals surface area contributed by atoms with Gasteiger partial charge in [-0.2, -0.15) is 0 Å². The highest BCUT2D eigenvalue weighted by Gasteiger charge is 2.11. The van der Waals surface area contributed by atoms with E-state index in [-0.39, 0.29) is 0 Å². The number of thiazole rings is 1. The van der Waals surface area contributed by atoms with E-state index in [2.05, 4.69) is 52.2 Å². The predicted molar refractivity (Wildman–Crippen MR) is 98.9 cm³/mol. The van der Waals surface area contributed by atoms with Gasteiger partial charge in [0, 0.05) is 26.8 Å². The third kappa shape index (κ3) is 3.15. The van der Waals surface area contributed by atoms with E-state index in [1.807, 2.05) is 29.6 Å². The van der Waals surface area contributed by atoms with Crippen molar-refractivity contribution in [1.82, 2.24) is 4.98 Å². The zero-order valence-electron chi connectivity index (χ0n) is 12.4. The van der Waals surface area contributed by atoms with Gasteiger partial charge in [-0.1, -0.05) is 15.9 Å². The van der Waals surface area contributed by atoms with E-state index in [0.29, 0.717) is 5.13 Å². The van der Waals surface area contributed by atoms with Crippen molar-refractivity contribution in [2.24, 2.45) is 0 Å². The minimum atomic E-state index is 0.603. The van der Waals surface area contributed by atoms with Gasteiger partial charge in [-0.15, -0.1) is 11.3 Å². The molecule has 3 rings (SSSR count). The van der Waals surface area contributed by atoms with Crippen LogP contribution in [0.2, 0.25) is 0 Å². The molecule has 0 radical (unpaired) electrons. The molecule has 5 heteroatoms. The summed E-state index contributed by atoms with van der Waals surface area (Å²) < 4.78 is 1.07. The van der Waals surface area contributed by atoms with Gasteiger partial charge in [0.05, 0.1) is 5.69 Å². The number of aromatic nitrogens is 1. The van der Waals surface area contributed by atoms with Crippen molar-refractivity contribution in [3.05, 3.63) is 57.4 Å². The Bertz CT molecular complexity index is 786. The van der Waals surface area contributed by atoms with Gasteiger partial charge in [-0.3, -0.25) is 0 Å². The third-order valence-electron chi connectivity index (χ3n) is 3.44. The fourth-order valence-corrected chi connectivity index (χ4v) is 3.36. The summed E-state index contributed by atoms with van der Waals surface area (Å²) in [6.07, 6.45) is 0. The molecule has 0 aliphatic rings. The van der Waals surface area contributed by atoms with E-state index in [0.717, 1.165) is 27.1 Å². The van der Waals surface area contributed by atoms with Crippen molar-refractivity contribution in [3.8, 4) is 11.3 Å². The molecular formula is C17H16BrN3S. The molecule has 0 unspecified atom stereocenters. The number of hydrogen-bond acceptors (Lipinski definition) is 4. The Morgan fingerprint density at radius 3 is 2.23 bits per heavy atom. The Morgan fingerprint density at radius 2 is 1.68 bits per heavy atom. The van der Waals surface area contributed by atoms with Crippen LogP contribution in [-0.2, 0) is 0 Å². The number of benzene rings is 2. The molecule has 0 saturated carbocycles. The third-order valence-corrected chi connectivity index (χ3v) is 4.65. The zero-order chi connectivity index (χ0) is 15.7. The largest absolute Gasteiger partial charge is 0.375 e. The van der Waals surface area contributed by atoms with E-state index < -0.39 is 0 Å². The molecule has 0 saturated heterocycles. The average Bonchev–Trinajstić information content (AvgIpc) is 2.87. The van der Waals surface area contributed by atoms with Crippen molar-refractivity contribution < 1.29 is 0 Å². The molecule has 3 aromatic rings. The number of hydrogen-bond donors (Lipinski definition) is 2. The lowest BCUT2D eigenvalue weighted by atomic mass is 9.99. The quantitative estimate of drug-likeness (QED) is 0.635. The van der Waals surface area contributed by atoms with E-state index in [1.165, 1.54) is 22.5 Å². The van der Waals surface area contributed by atoms with Crippen LogP contribution in [-0.4, -0.2) is 4.98 Å². The predicted octanol–water partition coefficient (Wildman–Crippen LogP) is 5.52. The standard InChI is InChI=1S/C17H16BrN3S/c1-10-7-14(20-13-5-3-12(18)4-6-13)8-11(2)16(10)15-9-22-17(19)21-15/h3-9,20H,1-2H3,(H2,19,21). The van der Waals surface area contributed by atoms with Crippen LogP contribution >= 0.6 is 27.3 Å². The van der Waals surface area contributed by atoms with E-state index in [1.54, 1.807) is 0 Å². The molecule has 0 atom stereocenters. The fraction of sp³-hybridized carbons (Fsp3) is 0.118. The zero-order valence-corrected chi connectivity index (χ0v) is 14.8. The van der Waals surface area contributed by atoms with Crippen molar-refractivity contribution >= 4 is 43.8 Å². The Labute approximate surface area is 142 Å². The smallest absolute Gasteiger partial charge is 0.180 e. The number of aryl methyl sites for hydroxylation is 2. The summed E-state index contributed by atoms with van der Waals surface area (Å²) in [5.74, 6) is 0. The molecule has 112 valence electrons. The van der Waals surface area contributed by atoms with Gasteiger partial charge < -0.3 is 11.1 Å². The van der Waals surface area contributed by atoms with Crippen molar-refractivity contribution in [2.45, 2.75) is 13.8 Å². The Kier molecular flexibility index (Phi) is 4.18. The molecule has 0 aliphatic carbocycles. The maximum atomic E-state index is 5.75. The monoisotopic (exact) mass is 373 g/mol. The number of nitrogens with two attached hydrogens (primary N) is 1. The van der Waals surface area contributed by atoms with Crippen LogP contribution in [0.25, 0.3) is 11.3 Å². The molecule has 3 nitrogen and oxygen atoms in total. The topological polar surface area (TPSA) is 50.9 Å². The molecular weight excluding hydrogens is 358 g/mol. The van der Waals surface area contributed by atoms with Gasteiger partial charge in [0.2, 0.25) is 0 Å². The first-order valence-corrected chi connectivity index (χ1v) is 8.55. The summed E-state index contributed by atoms with van der Waals surface area (Å²) >= 11 is 4.92. The second kappa shape index (κ2) is 6.10. The summed E-state index contributed by atoms with van der Waals surface area (Å²) in [5.41, 5.74) is 12.4. The van der Waals surface area contributed by atoms with Crippen molar-refractivity contribution in [1.29, 1.82) is 0 Å². The molecule has 2 aromatic carbocycles. The van der Waals surface area contributed by atoms with Gasteiger partial charge >= 0.3 is 0 Å². The van der Waals surface area contributed by atoms with Crippen molar-refractivity contribution in [3.63, 3.8) is 0 Å². The lowest BCUT2D eigenvalue weighted by molar-refractivity contribution is 1.32. The Hall–Kier alpha value is -1.85. The SMILES string of the molecule is Cc1cc(Nc2ccc(Br)cc2)cc(C)c1-c1csc(N)n1. The summed E-state index contributed by atoms with van der Waals surface area (Å²) in [5, 5.41) is 6.04. The van der Waals surface area contributed by atoms with Gasteiger partial charge in [-0.05, 0) is 61.4 Å². The average molecular weight is 374 g/mol. The second-order valence-corrected chi connectivity index (χ2v) is 6.99. The van der Waals surface area contributed by atoms with Crippen LogP contribution in [0, 0.1) is 13.8 Å². The van der Waals surface area contributed by atoms with Crippen LogP contribution in [0.5, 0.6) is 0 Å². The summed E-state index contributed by atoms with van der Waals surface area (Å²) in [4.78, 5) is 4.40. The number of nitrogens with one attached hydrogen (secondary N) is 1.